The summed E-state index contributed by atoms with van der Waals surface area (Å²) in [6.45, 7) is 6.93. The van der Waals surface area contributed by atoms with Crippen LogP contribution in [0.15, 0.2) is 42.5 Å². The second-order valence-corrected chi connectivity index (χ2v) is 9.61. The molecule has 0 unspecified atom stereocenters. The predicted octanol–water partition coefficient (Wildman–Crippen LogP) is 4.36. The molecule has 2 saturated heterocycles. The number of hydrogen-bond acceptors (Lipinski definition) is 4. The van der Waals surface area contributed by atoms with Crippen LogP contribution < -0.4 is 10.2 Å². The molecule has 2 amide bonds. The summed E-state index contributed by atoms with van der Waals surface area (Å²) in [7, 11) is 0. The number of hydrogen-bond donors (Lipinski definition) is 1. The molecular formula is C27H33F2N5O. The lowest BCUT2D eigenvalue weighted by atomic mass is 9.93. The van der Waals surface area contributed by atoms with Gasteiger partial charge in [0.25, 0.3) is 0 Å². The molecule has 2 heterocycles. The average Bonchev–Trinajstić information content (AvgIpc) is 2.86. The molecule has 1 atom stereocenters. The minimum atomic E-state index is -0.734. The van der Waals surface area contributed by atoms with Crippen LogP contribution in [-0.2, 0) is 6.54 Å². The van der Waals surface area contributed by atoms with Gasteiger partial charge in [-0.15, -0.1) is 0 Å². The monoisotopic (exact) mass is 481 g/mol. The van der Waals surface area contributed by atoms with Crippen molar-refractivity contribution in [3.8, 4) is 6.07 Å². The van der Waals surface area contributed by atoms with Crippen LogP contribution in [0.5, 0.6) is 0 Å². The number of urea groups is 1. The smallest absolute Gasteiger partial charge is 0.317 e. The summed E-state index contributed by atoms with van der Waals surface area (Å²) in [4.78, 5) is 18.8. The van der Waals surface area contributed by atoms with Crippen molar-refractivity contribution < 1.29 is 13.6 Å². The number of amides is 2. The molecule has 0 spiro atoms. The molecule has 0 saturated carbocycles. The standard InChI is InChI=1S/C27H33F2N5O/c1-20-18-33(26-16-24(28)23(17-30)15-25(26)29)13-14-34(20)27(35)31-10-7-21-8-11-32(12-9-21)19-22-5-3-2-4-6-22/h2-6,15-16,20-21H,7-14,18-19H2,1H3,(H,31,35)/t20-/m1/s1. The quantitative estimate of drug-likeness (QED) is 0.666. The Hall–Kier alpha value is -3.18. The highest BCUT2D eigenvalue weighted by Gasteiger charge is 2.29. The van der Waals surface area contributed by atoms with Crippen LogP contribution in [0.4, 0.5) is 19.3 Å². The van der Waals surface area contributed by atoms with E-state index in [1.165, 1.54) is 5.56 Å². The number of anilines is 1. The first-order valence-corrected chi connectivity index (χ1v) is 12.4. The van der Waals surface area contributed by atoms with Gasteiger partial charge in [-0.1, -0.05) is 30.3 Å². The maximum Gasteiger partial charge on any atom is 0.317 e. The summed E-state index contributed by atoms with van der Waals surface area (Å²) in [5.41, 5.74) is 1.17. The van der Waals surface area contributed by atoms with Gasteiger partial charge in [0.15, 0.2) is 0 Å². The van der Waals surface area contributed by atoms with Gasteiger partial charge < -0.3 is 15.1 Å². The van der Waals surface area contributed by atoms with Crippen molar-refractivity contribution in [2.24, 2.45) is 5.92 Å². The van der Waals surface area contributed by atoms with Gasteiger partial charge in [-0.3, -0.25) is 4.90 Å². The first-order chi connectivity index (χ1) is 16.9. The maximum atomic E-state index is 14.4. The number of likely N-dealkylation sites (tertiary alicyclic amines) is 1. The molecule has 0 aliphatic carbocycles. The Balaban J connectivity index is 1.19. The van der Waals surface area contributed by atoms with Crippen molar-refractivity contribution in [2.45, 2.75) is 38.8 Å². The minimum absolute atomic E-state index is 0.106. The van der Waals surface area contributed by atoms with E-state index in [9.17, 15) is 13.6 Å². The van der Waals surface area contributed by atoms with Gasteiger partial charge in [0, 0.05) is 44.8 Å². The molecule has 0 bridgehead atoms. The molecule has 186 valence electrons. The first kappa shape index (κ1) is 24.9. The van der Waals surface area contributed by atoms with E-state index in [-0.39, 0.29) is 23.3 Å². The third-order valence-electron chi connectivity index (χ3n) is 7.17. The number of nitriles is 1. The molecule has 8 heteroatoms. The molecular weight excluding hydrogens is 448 g/mol. The Morgan fingerprint density at radius 1 is 1.09 bits per heavy atom. The Morgan fingerprint density at radius 3 is 2.51 bits per heavy atom. The molecule has 0 aromatic heterocycles. The van der Waals surface area contributed by atoms with Crippen LogP contribution >= 0.6 is 0 Å². The number of piperidine rings is 1. The van der Waals surface area contributed by atoms with Crippen molar-refractivity contribution in [3.63, 3.8) is 0 Å². The zero-order valence-corrected chi connectivity index (χ0v) is 20.2. The van der Waals surface area contributed by atoms with Crippen LogP contribution in [0.25, 0.3) is 0 Å². The van der Waals surface area contributed by atoms with Crippen molar-refractivity contribution in [1.82, 2.24) is 15.1 Å². The van der Waals surface area contributed by atoms with Gasteiger partial charge in [0.2, 0.25) is 0 Å². The fourth-order valence-corrected chi connectivity index (χ4v) is 5.10. The van der Waals surface area contributed by atoms with E-state index in [4.69, 9.17) is 5.26 Å². The zero-order chi connectivity index (χ0) is 24.8. The number of nitrogens with one attached hydrogen (secondary N) is 1. The van der Waals surface area contributed by atoms with E-state index in [1.54, 1.807) is 15.9 Å². The van der Waals surface area contributed by atoms with E-state index in [0.29, 0.717) is 32.1 Å². The Labute approximate surface area is 206 Å². The number of halogens is 2. The second kappa shape index (κ2) is 11.5. The van der Waals surface area contributed by atoms with E-state index in [2.05, 4.69) is 34.5 Å². The SMILES string of the molecule is C[C@@H]1CN(c2cc(F)c(C#N)cc2F)CCN1C(=O)NCCC1CCN(Cc2ccccc2)CC1. The van der Waals surface area contributed by atoms with E-state index >= 15 is 0 Å². The molecule has 35 heavy (non-hydrogen) atoms. The van der Waals surface area contributed by atoms with Gasteiger partial charge in [0.05, 0.1) is 11.3 Å². The average molecular weight is 482 g/mol. The highest BCUT2D eigenvalue weighted by Crippen LogP contribution is 2.26. The number of piperazine rings is 1. The fraction of sp³-hybridized carbons (Fsp3) is 0.481. The summed E-state index contributed by atoms with van der Waals surface area (Å²) in [6, 6.07) is 13.9. The Kier molecular flexibility index (Phi) is 8.19. The third-order valence-corrected chi connectivity index (χ3v) is 7.17. The van der Waals surface area contributed by atoms with Gasteiger partial charge in [-0.25, -0.2) is 13.6 Å². The lowest BCUT2D eigenvalue weighted by Crippen LogP contribution is -2.57. The number of rotatable bonds is 6. The molecule has 0 radical (unpaired) electrons. The first-order valence-electron chi connectivity index (χ1n) is 12.4. The third kappa shape index (κ3) is 6.29. The number of nitrogens with zero attached hydrogens (tertiary/aromatic N) is 4. The summed E-state index contributed by atoms with van der Waals surface area (Å²) in [5, 5.41) is 11.9. The summed E-state index contributed by atoms with van der Waals surface area (Å²) in [5.74, 6) is -0.739. The molecule has 4 rings (SSSR count). The van der Waals surface area contributed by atoms with Crippen molar-refractivity contribution in [1.29, 1.82) is 5.26 Å². The lowest BCUT2D eigenvalue weighted by Gasteiger charge is -2.41. The van der Waals surface area contributed by atoms with Gasteiger partial charge in [-0.2, -0.15) is 5.26 Å². The molecule has 2 aliphatic heterocycles. The highest BCUT2D eigenvalue weighted by molar-refractivity contribution is 5.75. The molecule has 2 aliphatic rings. The highest BCUT2D eigenvalue weighted by atomic mass is 19.1. The largest absolute Gasteiger partial charge is 0.365 e. The molecule has 2 aromatic rings. The van der Waals surface area contributed by atoms with Crippen LogP contribution in [0.3, 0.4) is 0 Å². The fourth-order valence-electron chi connectivity index (χ4n) is 5.10. The number of carbonyl (C=O) groups is 1. The zero-order valence-electron chi connectivity index (χ0n) is 20.2. The van der Waals surface area contributed by atoms with Gasteiger partial charge in [0.1, 0.15) is 17.7 Å². The van der Waals surface area contributed by atoms with Crippen LogP contribution in [0, 0.1) is 28.9 Å². The summed E-state index contributed by atoms with van der Waals surface area (Å²) in [6.07, 6.45) is 3.25. The topological polar surface area (TPSA) is 62.6 Å². The second-order valence-electron chi connectivity index (χ2n) is 9.61. The summed E-state index contributed by atoms with van der Waals surface area (Å²) < 4.78 is 28.4. The molecule has 2 fully saturated rings. The Morgan fingerprint density at radius 2 is 1.83 bits per heavy atom. The molecule has 6 nitrogen and oxygen atoms in total. The number of carbonyl (C=O) groups excluding carboxylic acids is 1. The minimum Gasteiger partial charge on any atom is -0.365 e. The van der Waals surface area contributed by atoms with Crippen LogP contribution in [0.1, 0.15) is 37.3 Å². The van der Waals surface area contributed by atoms with Crippen molar-refractivity contribution >= 4 is 11.7 Å². The van der Waals surface area contributed by atoms with Crippen LogP contribution in [0.2, 0.25) is 0 Å². The van der Waals surface area contributed by atoms with Crippen molar-refractivity contribution in [3.05, 3.63) is 65.2 Å². The van der Waals surface area contributed by atoms with Crippen molar-refractivity contribution in [2.75, 3.05) is 44.2 Å². The molecule has 1 N–H and O–H groups in total. The van der Waals surface area contributed by atoms with E-state index < -0.39 is 11.6 Å². The normalized spacial score (nSPS) is 19.4. The maximum absolute atomic E-state index is 14.4. The van der Waals surface area contributed by atoms with Gasteiger partial charge in [-0.05, 0) is 56.8 Å². The van der Waals surface area contributed by atoms with E-state index in [0.717, 1.165) is 51.0 Å². The summed E-state index contributed by atoms with van der Waals surface area (Å²) >= 11 is 0. The van der Waals surface area contributed by atoms with E-state index in [1.807, 2.05) is 13.0 Å². The molecule has 2 aromatic carbocycles. The lowest BCUT2D eigenvalue weighted by molar-refractivity contribution is 0.162. The predicted molar refractivity (Wildman–Crippen MR) is 132 cm³/mol. The van der Waals surface area contributed by atoms with Crippen LogP contribution in [-0.4, -0.2) is 61.1 Å². The number of benzene rings is 2. The Bertz CT molecular complexity index is 1050. The van der Waals surface area contributed by atoms with Gasteiger partial charge >= 0.3 is 6.03 Å².